The topological polar surface area (TPSA) is 43.7 Å². The molecule has 1 aliphatic heterocycles. The van der Waals surface area contributed by atoms with E-state index in [4.69, 9.17) is 10.5 Å². The van der Waals surface area contributed by atoms with Gasteiger partial charge in [-0.05, 0) is 24.4 Å². The SMILES string of the molecule is CC1CCN(Cc2ccccc2)C1.OO. The lowest BCUT2D eigenvalue weighted by molar-refractivity contribution is -0.176. The fraction of sp³-hybridized carbons (Fsp3) is 0.500. The Morgan fingerprint density at radius 2 is 1.93 bits per heavy atom. The van der Waals surface area contributed by atoms with E-state index in [1.54, 1.807) is 0 Å². The zero-order valence-electron chi connectivity index (χ0n) is 9.13. The second-order valence-electron chi connectivity index (χ2n) is 4.11. The van der Waals surface area contributed by atoms with Gasteiger partial charge < -0.3 is 0 Å². The van der Waals surface area contributed by atoms with Crippen molar-refractivity contribution in [3.05, 3.63) is 35.9 Å². The third-order valence-electron chi connectivity index (χ3n) is 2.76. The van der Waals surface area contributed by atoms with Crippen molar-refractivity contribution >= 4 is 0 Å². The van der Waals surface area contributed by atoms with Crippen molar-refractivity contribution in [2.75, 3.05) is 13.1 Å². The number of hydrogen-bond acceptors (Lipinski definition) is 3. The molecule has 0 spiro atoms. The summed E-state index contributed by atoms with van der Waals surface area (Å²) >= 11 is 0. The van der Waals surface area contributed by atoms with Crippen LogP contribution in [0.1, 0.15) is 18.9 Å². The Bertz CT molecular complexity index is 264. The Kier molecular flexibility index (Phi) is 5.32. The van der Waals surface area contributed by atoms with Crippen molar-refractivity contribution in [3.8, 4) is 0 Å². The van der Waals surface area contributed by atoms with E-state index >= 15 is 0 Å². The van der Waals surface area contributed by atoms with Crippen LogP contribution in [0.15, 0.2) is 30.3 Å². The molecule has 0 aromatic heterocycles. The molecule has 3 heteroatoms. The molecule has 2 rings (SSSR count). The minimum atomic E-state index is 0.892. The van der Waals surface area contributed by atoms with E-state index in [2.05, 4.69) is 42.2 Å². The molecule has 0 aliphatic carbocycles. The molecule has 1 unspecified atom stereocenters. The van der Waals surface area contributed by atoms with E-state index < -0.39 is 0 Å². The Morgan fingerprint density at radius 3 is 2.47 bits per heavy atom. The molecule has 3 nitrogen and oxygen atoms in total. The monoisotopic (exact) mass is 209 g/mol. The van der Waals surface area contributed by atoms with Gasteiger partial charge >= 0.3 is 0 Å². The third-order valence-corrected chi connectivity index (χ3v) is 2.76. The van der Waals surface area contributed by atoms with E-state index in [0.29, 0.717) is 0 Å². The van der Waals surface area contributed by atoms with Crippen molar-refractivity contribution in [3.63, 3.8) is 0 Å². The largest absolute Gasteiger partial charge is 0.299 e. The summed E-state index contributed by atoms with van der Waals surface area (Å²) in [6, 6.07) is 10.7. The quantitative estimate of drug-likeness (QED) is 0.581. The molecule has 1 atom stereocenters. The minimum absolute atomic E-state index is 0.892. The maximum absolute atomic E-state index is 6.00. The Labute approximate surface area is 90.9 Å². The predicted octanol–water partition coefficient (Wildman–Crippen LogP) is 2.55. The van der Waals surface area contributed by atoms with Gasteiger partial charge in [-0.15, -0.1) is 0 Å². The minimum Gasteiger partial charge on any atom is -0.299 e. The maximum Gasteiger partial charge on any atom is 0.0233 e. The van der Waals surface area contributed by atoms with Gasteiger partial charge in [0.15, 0.2) is 0 Å². The second kappa shape index (κ2) is 6.56. The van der Waals surface area contributed by atoms with Crippen molar-refractivity contribution in [2.24, 2.45) is 5.92 Å². The fourth-order valence-electron chi connectivity index (χ4n) is 2.01. The summed E-state index contributed by atoms with van der Waals surface area (Å²) in [5.41, 5.74) is 1.44. The number of likely N-dealkylation sites (tertiary alicyclic amines) is 1. The summed E-state index contributed by atoms with van der Waals surface area (Å²) < 4.78 is 0. The van der Waals surface area contributed by atoms with Gasteiger partial charge in [0.1, 0.15) is 0 Å². The molecule has 0 saturated carbocycles. The summed E-state index contributed by atoms with van der Waals surface area (Å²) in [6.45, 7) is 6.02. The van der Waals surface area contributed by atoms with Crippen LogP contribution >= 0.6 is 0 Å². The summed E-state index contributed by atoms with van der Waals surface area (Å²) in [6.07, 6.45) is 1.37. The molecule has 0 amide bonds. The molecule has 1 saturated heterocycles. The van der Waals surface area contributed by atoms with Crippen LogP contribution in [0.4, 0.5) is 0 Å². The summed E-state index contributed by atoms with van der Waals surface area (Å²) in [5.74, 6) is 0.892. The van der Waals surface area contributed by atoms with Gasteiger partial charge in [-0.1, -0.05) is 37.3 Å². The van der Waals surface area contributed by atoms with Crippen LogP contribution in [0.3, 0.4) is 0 Å². The molecular formula is C12H19NO2. The first-order valence-corrected chi connectivity index (χ1v) is 5.31. The highest BCUT2D eigenvalue weighted by molar-refractivity contribution is 5.14. The lowest BCUT2D eigenvalue weighted by Gasteiger charge is -2.14. The van der Waals surface area contributed by atoms with Crippen molar-refractivity contribution in [2.45, 2.75) is 19.9 Å². The summed E-state index contributed by atoms with van der Waals surface area (Å²) in [5, 5.41) is 12.0. The average molecular weight is 209 g/mol. The average Bonchev–Trinajstić information content (AvgIpc) is 2.68. The smallest absolute Gasteiger partial charge is 0.0233 e. The van der Waals surface area contributed by atoms with Gasteiger partial charge in [0.2, 0.25) is 0 Å². The van der Waals surface area contributed by atoms with E-state index in [1.807, 2.05) is 0 Å². The van der Waals surface area contributed by atoms with Crippen LogP contribution < -0.4 is 0 Å². The summed E-state index contributed by atoms with van der Waals surface area (Å²) in [4.78, 5) is 2.54. The molecular weight excluding hydrogens is 190 g/mol. The lowest BCUT2D eigenvalue weighted by atomic mass is 10.2. The number of rotatable bonds is 2. The van der Waals surface area contributed by atoms with Gasteiger partial charge in [-0.25, -0.2) is 0 Å². The van der Waals surface area contributed by atoms with Crippen molar-refractivity contribution in [1.82, 2.24) is 4.90 Å². The maximum atomic E-state index is 6.00. The van der Waals surface area contributed by atoms with Crippen LogP contribution in [0.5, 0.6) is 0 Å². The zero-order chi connectivity index (χ0) is 11.1. The van der Waals surface area contributed by atoms with Crippen LogP contribution in [-0.2, 0) is 6.54 Å². The Balaban J connectivity index is 0.000000531. The van der Waals surface area contributed by atoms with Crippen molar-refractivity contribution < 1.29 is 10.5 Å². The highest BCUT2D eigenvalue weighted by atomic mass is 17.0. The van der Waals surface area contributed by atoms with E-state index in [1.165, 1.54) is 25.1 Å². The molecule has 1 fully saturated rings. The molecule has 1 heterocycles. The molecule has 84 valence electrons. The molecule has 1 aromatic carbocycles. The van der Waals surface area contributed by atoms with Crippen LogP contribution in [0.2, 0.25) is 0 Å². The fourth-order valence-corrected chi connectivity index (χ4v) is 2.01. The lowest BCUT2D eigenvalue weighted by Crippen LogP contribution is -2.19. The first kappa shape index (κ1) is 12.2. The molecule has 1 aliphatic rings. The first-order valence-electron chi connectivity index (χ1n) is 5.31. The normalized spacial score (nSPS) is 20.9. The predicted molar refractivity (Wildman–Crippen MR) is 60.8 cm³/mol. The third kappa shape index (κ3) is 4.00. The van der Waals surface area contributed by atoms with Gasteiger partial charge in [0.05, 0.1) is 0 Å². The molecule has 15 heavy (non-hydrogen) atoms. The number of hydrogen-bond donors (Lipinski definition) is 2. The van der Waals surface area contributed by atoms with Crippen molar-refractivity contribution in [1.29, 1.82) is 0 Å². The van der Waals surface area contributed by atoms with Gasteiger partial charge in [-0.2, -0.15) is 0 Å². The summed E-state index contributed by atoms with van der Waals surface area (Å²) in [7, 11) is 0. The van der Waals surface area contributed by atoms with Gasteiger partial charge in [0, 0.05) is 13.1 Å². The highest BCUT2D eigenvalue weighted by Crippen LogP contribution is 2.17. The molecule has 2 N–H and O–H groups in total. The Morgan fingerprint density at radius 1 is 1.27 bits per heavy atom. The van der Waals surface area contributed by atoms with Crippen LogP contribution in [-0.4, -0.2) is 28.5 Å². The van der Waals surface area contributed by atoms with E-state index in [0.717, 1.165) is 12.5 Å². The van der Waals surface area contributed by atoms with Gasteiger partial charge in [-0.3, -0.25) is 15.4 Å². The molecule has 0 radical (unpaired) electrons. The van der Waals surface area contributed by atoms with Gasteiger partial charge in [0.25, 0.3) is 0 Å². The standard InChI is InChI=1S/C12H17N.H2O2/c1-11-7-8-13(9-11)10-12-5-3-2-4-6-12;1-2/h2-6,11H,7-10H2,1H3;1-2H. The Hall–Kier alpha value is -0.900. The van der Waals surface area contributed by atoms with E-state index in [9.17, 15) is 0 Å². The van der Waals surface area contributed by atoms with Crippen LogP contribution in [0.25, 0.3) is 0 Å². The molecule has 0 bridgehead atoms. The second-order valence-corrected chi connectivity index (χ2v) is 4.11. The highest BCUT2D eigenvalue weighted by Gasteiger charge is 2.17. The molecule has 1 aromatic rings. The number of benzene rings is 1. The van der Waals surface area contributed by atoms with Crippen LogP contribution in [0, 0.1) is 5.92 Å². The zero-order valence-corrected chi connectivity index (χ0v) is 9.13. The number of nitrogens with zero attached hydrogens (tertiary/aromatic N) is 1. The van der Waals surface area contributed by atoms with E-state index in [-0.39, 0.29) is 0 Å². The first-order chi connectivity index (χ1) is 7.34.